The van der Waals surface area contributed by atoms with Gasteiger partial charge in [-0.3, -0.25) is 0 Å². The molecule has 1 heterocycles. The summed E-state index contributed by atoms with van der Waals surface area (Å²) >= 11 is 0. The molecule has 0 bridgehead atoms. The van der Waals surface area contributed by atoms with E-state index in [9.17, 15) is 4.79 Å². The number of rotatable bonds is 1. The summed E-state index contributed by atoms with van der Waals surface area (Å²) in [4.78, 5) is 10.2. The van der Waals surface area contributed by atoms with Crippen LogP contribution in [0.3, 0.4) is 0 Å². The summed E-state index contributed by atoms with van der Waals surface area (Å²) in [5, 5.41) is 11.4. The van der Waals surface area contributed by atoms with E-state index in [4.69, 9.17) is 5.11 Å². The predicted molar refractivity (Wildman–Crippen MR) is 46.7 cm³/mol. The summed E-state index contributed by atoms with van der Waals surface area (Å²) in [5.41, 5.74) is 2.04. The van der Waals surface area contributed by atoms with E-state index < -0.39 is 12.4 Å². The van der Waals surface area contributed by atoms with E-state index >= 15 is 0 Å². The monoisotopic (exact) mass is 179 g/mol. The maximum Gasteiger partial charge on any atom is 0.507 e. The lowest BCUT2D eigenvalue weighted by Crippen LogP contribution is -2.22. The van der Waals surface area contributed by atoms with Crippen LogP contribution in [-0.4, -0.2) is 17.5 Å². The van der Waals surface area contributed by atoms with Gasteiger partial charge in [0.1, 0.15) is 0 Å². The lowest BCUT2D eigenvalue weighted by molar-refractivity contribution is 0.0651. The van der Waals surface area contributed by atoms with E-state index in [0.717, 1.165) is 11.3 Å². The number of anilines is 1. The zero-order chi connectivity index (χ0) is 9.26. The zero-order valence-electron chi connectivity index (χ0n) is 6.86. The van der Waals surface area contributed by atoms with E-state index in [2.05, 4.69) is 10.1 Å². The van der Waals surface area contributed by atoms with Gasteiger partial charge in [-0.25, -0.2) is 4.79 Å². The van der Waals surface area contributed by atoms with E-state index in [-0.39, 0.29) is 0 Å². The van der Waals surface area contributed by atoms with Gasteiger partial charge in [0, 0.05) is 12.1 Å². The average Bonchev–Trinajstić information content (AvgIpc) is 2.44. The van der Waals surface area contributed by atoms with Crippen molar-refractivity contribution in [3.8, 4) is 0 Å². The standard InChI is InChI=1S/C9H9NO3/c11-9(12)13-8-5-6-3-1-2-4-7(6)10-8/h1-4,8,10H,5H2,(H,11,12). The number of hydrogen-bond donors (Lipinski definition) is 2. The van der Waals surface area contributed by atoms with Gasteiger partial charge in [0.05, 0.1) is 0 Å². The second-order valence-corrected chi connectivity index (χ2v) is 2.88. The van der Waals surface area contributed by atoms with Crippen molar-refractivity contribution in [3.05, 3.63) is 29.8 Å². The lowest BCUT2D eigenvalue weighted by atomic mass is 10.2. The highest BCUT2D eigenvalue weighted by atomic mass is 16.7. The normalized spacial score (nSPS) is 18.9. The maximum atomic E-state index is 10.2. The molecule has 68 valence electrons. The van der Waals surface area contributed by atoms with Crippen LogP contribution < -0.4 is 5.32 Å². The Bertz CT molecular complexity index is 312. The number of benzene rings is 1. The van der Waals surface area contributed by atoms with E-state index in [1.165, 1.54) is 0 Å². The van der Waals surface area contributed by atoms with Crippen LogP contribution in [0.25, 0.3) is 0 Å². The van der Waals surface area contributed by atoms with Crippen molar-refractivity contribution in [3.63, 3.8) is 0 Å². The summed E-state index contributed by atoms with van der Waals surface area (Å²) in [7, 11) is 0. The Morgan fingerprint density at radius 2 is 2.31 bits per heavy atom. The highest BCUT2D eigenvalue weighted by Gasteiger charge is 2.22. The molecule has 0 spiro atoms. The van der Waals surface area contributed by atoms with Crippen molar-refractivity contribution in [1.29, 1.82) is 0 Å². The minimum atomic E-state index is -1.25. The van der Waals surface area contributed by atoms with Crippen molar-refractivity contribution in [2.75, 3.05) is 5.32 Å². The van der Waals surface area contributed by atoms with E-state index in [1.54, 1.807) is 0 Å². The molecular weight excluding hydrogens is 170 g/mol. The molecule has 0 saturated heterocycles. The molecule has 0 aliphatic carbocycles. The van der Waals surface area contributed by atoms with Crippen LogP contribution >= 0.6 is 0 Å². The van der Waals surface area contributed by atoms with E-state index in [0.29, 0.717) is 6.42 Å². The lowest BCUT2D eigenvalue weighted by Gasteiger charge is -2.08. The molecule has 2 N–H and O–H groups in total. The first-order valence-corrected chi connectivity index (χ1v) is 4.00. The third kappa shape index (κ3) is 1.56. The average molecular weight is 179 g/mol. The molecule has 1 aliphatic rings. The molecule has 1 unspecified atom stereocenters. The molecule has 1 aliphatic heterocycles. The van der Waals surface area contributed by atoms with Crippen LogP contribution in [-0.2, 0) is 11.2 Å². The van der Waals surface area contributed by atoms with Crippen molar-refractivity contribution in [2.45, 2.75) is 12.6 Å². The first kappa shape index (κ1) is 7.91. The number of fused-ring (bicyclic) bond motifs is 1. The molecule has 2 rings (SSSR count). The summed E-state index contributed by atoms with van der Waals surface area (Å²) < 4.78 is 4.60. The summed E-state index contributed by atoms with van der Waals surface area (Å²) in [6.45, 7) is 0. The highest BCUT2D eigenvalue weighted by molar-refractivity contribution is 5.60. The van der Waals surface area contributed by atoms with Crippen LogP contribution in [0.5, 0.6) is 0 Å². The molecule has 4 heteroatoms. The van der Waals surface area contributed by atoms with Crippen molar-refractivity contribution in [2.24, 2.45) is 0 Å². The predicted octanol–water partition coefficient (Wildman–Crippen LogP) is 1.68. The van der Waals surface area contributed by atoms with Gasteiger partial charge in [-0.15, -0.1) is 0 Å². The Morgan fingerprint density at radius 3 is 3.00 bits per heavy atom. The molecule has 0 aromatic heterocycles. The molecule has 0 radical (unpaired) electrons. The Morgan fingerprint density at radius 1 is 1.54 bits per heavy atom. The number of hydrogen-bond acceptors (Lipinski definition) is 3. The zero-order valence-corrected chi connectivity index (χ0v) is 6.86. The van der Waals surface area contributed by atoms with Crippen molar-refractivity contribution >= 4 is 11.8 Å². The molecule has 0 saturated carbocycles. The topological polar surface area (TPSA) is 58.6 Å². The molecule has 1 aromatic rings. The highest BCUT2D eigenvalue weighted by Crippen LogP contribution is 2.25. The number of nitrogens with one attached hydrogen (secondary N) is 1. The van der Waals surface area contributed by atoms with Crippen LogP contribution in [0.15, 0.2) is 24.3 Å². The van der Waals surface area contributed by atoms with Gasteiger partial charge in [-0.2, -0.15) is 0 Å². The molecule has 13 heavy (non-hydrogen) atoms. The van der Waals surface area contributed by atoms with E-state index in [1.807, 2.05) is 24.3 Å². The number of ether oxygens (including phenoxy) is 1. The fourth-order valence-corrected chi connectivity index (χ4v) is 1.46. The summed E-state index contributed by atoms with van der Waals surface area (Å²) in [5.74, 6) is 0. The Balaban J connectivity index is 2.09. The number of para-hydroxylation sites is 1. The fraction of sp³-hybridized carbons (Fsp3) is 0.222. The first-order valence-electron chi connectivity index (χ1n) is 4.00. The summed E-state index contributed by atoms with van der Waals surface area (Å²) in [6, 6.07) is 7.67. The van der Waals surface area contributed by atoms with Crippen LogP contribution in [0, 0.1) is 0 Å². The SMILES string of the molecule is O=C(O)OC1Cc2ccccc2N1. The first-order chi connectivity index (χ1) is 6.25. The van der Waals surface area contributed by atoms with Gasteiger partial charge in [0.25, 0.3) is 0 Å². The van der Waals surface area contributed by atoms with Gasteiger partial charge in [-0.05, 0) is 11.6 Å². The number of carboxylic acid groups (broad SMARTS) is 1. The molecule has 0 fully saturated rings. The minimum Gasteiger partial charge on any atom is -0.450 e. The fourth-order valence-electron chi connectivity index (χ4n) is 1.46. The van der Waals surface area contributed by atoms with Gasteiger partial charge < -0.3 is 15.2 Å². The van der Waals surface area contributed by atoms with Gasteiger partial charge >= 0.3 is 6.16 Å². The third-order valence-electron chi connectivity index (χ3n) is 1.98. The quantitative estimate of drug-likeness (QED) is 0.644. The van der Waals surface area contributed by atoms with Crippen molar-refractivity contribution < 1.29 is 14.6 Å². The van der Waals surface area contributed by atoms with Crippen LogP contribution in [0.4, 0.5) is 10.5 Å². The van der Waals surface area contributed by atoms with Gasteiger partial charge in [0.15, 0.2) is 6.23 Å². The molecular formula is C9H9NO3. The molecule has 4 nitrogen and oxygen atoms in total. The third-order valence-corrected chi connectivity index (χ3v) is 1.98. The minimum absolute atomic E-state index is 0.435. The maximum absolute atomic E-state index is 10.2. The Kier molecular flexibility index (Phi) is 1.81. The second-order valence-electron chi connectivity index (χ2n) is 2.88. The van der Waals surface area contributed by atoms with Gasteiger partial charge in [0.2, 0.25) is 0 Å². The van der Waals surface area contributed by atoms with Crippen molar-refractivity contribution in [1.82, 2.24) is 0 Å². The largest absolute Gasteiger partial charge is 0.507 e. The summed E-state index contributed by atoms with van der Waals surface area (Å²) in [6.07, 6.45) is -1.08. The Hall–Kier alpha value is -1.71. The second kappa shape index (κ2) is 2.97. The molecule has 1 atom stereocenters. The van der Waals surface area contributed by atoms with Crippen LogP contribution in [0.1, 0.15) is 5.56 Å². The smallest absolute Gasteiger partial charge is 0.450 e. The van der Waals surface area contributed by atoms with Crippen LogP contribution in [0.2, 0.25) is 0 Å². The molecule has 0 amide bonds. The Labute approximate surface area is 75.1 Å². The number of carbonyl (C=O) groups is 1. The van der Waals surface area contributed by atoms with Gasteiger partial charge in [-0.1, -0.05) is 18.2 Å². The molecule has 1 aromatic carbocycles.